The van der Waals surface area contributed by atoms with Gasteiger partial charge in [0, 0.05) is 31.9 Å². The monoisotopic (exact) mass is 263 g/mol. The normalized spacial score (nSPS) is 12.7. The zero-order valence-electron chi connectivity index (χ0n) is 13.1. The molecule has 19 heavy (non-hydrogen) atoms. The summed E-state index contributed by atoms with van der Waals surface area (Å²) in [5.41, 5.74) is 1.25. The maximum atomic E-state index is 4.60. The first-order valence-corrected chi connectivity index (χ1v) is 7.50. The molecule has 0 aliphatic rings. The minimum Gasteiger partial charge on any atom is -0.357 e. The van der Waals surface area contributed by atoms with E-state index in [1.807, 2.05) is 6.20 Å². The van der Waals surface area contributed by atoms with Gasteiger partial charge in [0.15, 0.2) is 0 Å². The van der Waals surface area contributed by atoms with E-state index in [2.05, 4.69) is 62.0 Å². The maximum Gasteiger partial charge on any atom is 0.128 e. The van der Waals surface area contributed by atoms with Crippen molar-refractivity contribution >= 4 is 5.82 Å². The van der Waals surface area contributed by atoms with E-state index in [-0.39, 0.29) is 0 Å². The zero-order valence-corrected chi connectivity index (χ0v) is 13.1. The molecule has 1 N–H and O–H groups in total. The minimum atomic E-state index is 0.511. The second-order valence-electron chi connectivity index (χ2n) is 5.61. The van der Waals surface area contributed by atoms with Gasteiger partial charge in [-0.25, -0.2) is 4.98 Å². The van der Waals surface area contributed by atoms with E-state index in [0.29, 0.717) is 12.0 Å². The van der Waals surface area contributed by atoms with Crippen LogP contribution in [0.5, 0.6) is 0 Å². The van der Waals surface area contributed by atoms with Crippen molar-refractivity contribution in [3.05, 3.63) is 23.9 Å². The van der Waals surface area contributed by atoms with Gasteiger partial charge in [0.25, 0.3) is 0 Å². The summed E-state index contributed by atoms with van der Waals surface area (Å²) in [6, 6.07) is 4.83. The summed E-state index contributed by atoms with van der Waals surface area (Å²) in [4.78, 5) is 6.96. The van der Waals surface area contributed by atoms with Crippen LogP contribution in [0.1, 0.15) is 46.6 Å². The van der Waals surface area contributed by atoms with Crippen molar-refractivity contribution in [2.75, 3.05) is 18.0 Å². The lowest BCUT2D eigenvalue weighted by Gasteiger charge is -2.25. The summed E-state index contributed by atoms with van der Waals surface area (Å²) in [7, 11) is 0. The van der Waals surface area contributed by atoms with Gasteiger partial charge in [0.2, 0.25) is 0 Å². The first-order chi connectivity index (χ1) is 9.06. The lowest BCUT2D eigenvalue weighted by Crippen LogP contribution is -2.29. The first kappa shape index (κ1) is 16.0. The van der Waals surface area contributed by atoms with Crippen LogP contribution in [0.25, 0.3) is 0 Å². The number of nitrogens with one attached hydrogen (secondary N) is 1. The molecular weight excluding hydrogens is 234 g/mol. The molecule has 1 aromatic heterocycles. The molecule has 1 heterocycles. The summed E-state index contributed by atoms with van der Waals surface area (Å²) in [6.45, 7) is 14.0. The van der Waals surface area contributed by atoms with E-state index in [1.165, 1.54) is 12.0 Å². The number of rotatable bonds is 8. The van der Waals surface area contributed by atoms with Gasteiger partial charge < -0.3 is 10.2 Å². The molecule has 0 saturated carbocycles. The SMILES string of the molecule is CCC(C)CN(CC)c1ccc(CNC(C)C)cn1. The van der Waals surface area contributed by atoms with E-state index in [0.717, 1.165) is 25.5 Å². The van der Waals surface area contributed by atoms with Gasteiger partial charge in [0.1, 0.15) is 5.82 Å². The lowest BCUT2D eigenvalue weighted by molar-refractivity contribution is 0.545. The first-order valence-electron chi connectivity index (χ1n) is 7.50. The Morgan fingerprint density at radius 3 is 2.42 bits per heavy atom. The van der Waals surface area contributed by atoms with Crippen LogP contribution in [0.2, 0.25) is 0 Å². The van der Waals surface area contributed by atoms with E-state index in [4.69, 9.17) is 0 Å². The van der Waals surface area contributed by atoms with Crippen LogP contribution in [-0.4, -0.2) is 24.1 Å². The number of aromatic nitrogens is 1. The standard InChI is InChI=1S/C16H29N3/c1-6-14(5)12-19(7-2)16-9-8-15(11-18-16)10-17-13(3)4/h8-9,11,13-14,17H,6-7,10,12H2,1-5H3. The minimum absolute atomic E-state index is 0.511. The second kappa shape index (κ2) is 8.16. The highest BCUT2D eigenvalue weighted by Gasteiger charge is 2.09. The average molecular weight is 263 g/mol. The van der Waals surface area contributed by atoms with Crippen molar-refractivity contribution in [1.82, 2.24) is 10.3 Å². The second-order valence-corrected chi connectivity index (χ2v) is 5.61. The summed E-state index contributed by atoms with van der Waals surface area (Å²) < 4.78 is 0. The van der Waals surface area contributed by atoms with Crippen molar-refractivity contribution < 1.29 is 0 Å². The predicted molar refractivity (Wildman–Crippen MR) is 83.6 cm³/mol. The van der Waals surface area contributed by atoms with Gasteiger partial charge in [-0.2, -0.15) is 0 Å². The molecule has 0 saturated heterocycles. The van der Waals surface area contributed by atoms with Crippen molar-refractivity contribution in [1.29, 1.82) is 0 Å². The van der Waals surface area contributed by atoms with Crippen LogP contribution in [0.15, 0.2) is 18.3 Å². The summed E-state index contributed by atoms with van der Waals surface area (Å²) >= 11 is 0. The van der Waals surface area contributed by atoms with Gasteiger partial charge in [-0.05, 0) is 24.5 Å². The molecule has 0 fully saturated rings. The van der Waals surface area contributed by atoms with Gasteiger partial charge in [-0.15, -0.1) is 0 Å². The third-order valence-electron chi connectivity index (χ3n) is 3.46. The van der Waals surface area contributed by atoms with Gasteiger partial charge in [-0.1, -0.05) is 40.2 Å². The van der Waals surface area contributed by atoms with E-state index in [1.54, 1.807) is 0 Å². The maximum absolute atomic E-state index is 4.60. The molecule has 0 aliphatic carbocycles. The molecule has 1 atom stereocenters. The number of hydrogen-bond donors (Lipinski definition) is 1. The van der Waals surface area contributed by atoms with Crippen molar-refractivity contribution in [3.63, 3.8) is 0 Å². The number of pyridine rings is 1. The molecule has 3 heteroatoms. The molecule has 108 valence electrons. The van der Waals surface area contributed by atoms with Crippen molar-refractivity contribution in [2.45, 2.75) is 53.6 Å². The highest BCUT2D eigenvalue weighted by atomic mass is 15.2. The third-order valence-corrected chi connectivity index (χ3v) is 3.46. The Labute approximate surface area is 118 Å². The smallest absolute Gasteiger partial charge is 0.128 e. The molecule has 1 rings (SSSR count). The summed E-state index contributed by atoms with van der Waals surface area (Å²) in [6.07, 6.45) is 3.21. The highest BCUT2D eigenvalue weighted by molar-refractivity contribution is 5.39. The molecular formula is C16H29N3. The molecule has 0 radical (unpaired) electrons. The van der Waals surface area contributed by atoms with Crippen LogP contribution in [-0.2, 0) is 6.54 Å². The Morgan fingerprint density at radius 2 is 1.95 bits per heavy atom. The summed E-state index contributed by atoms with van der Waals surface area (Å²) in [5.74, 6) is 1.81. The number of hydrogen-bond acceptors (Lipinski definition) is 3. The number of anilines is 1. The highest BCUT2D eigenvalue weighted by Crippen LogP contribution is 2.14. The molecule has 0 bridgehead atoms. The number of nitrogens with zero attached hydrogens (tertiary/aromatic N) is 2. The van der Waals surface area contributed by atoms with Crippen LogP contribution in [0.4, 0.5) is 5.82 Å². The Kier molecular flexibility index (Phi) is 6.85. The van der Waals surface area contributed by atoms with Crippen molar-refractivity contribution in [2.24, 2.45) is 5.92 Å². The fourth-order valence-corrected chi connectivity index (χ4v) is 1.92. The third kappa shape index (κ3) is 5.60. The zero-order chi connectivity index (χ0) is 14.3. The summed E-state index contributed by atoms with van der Waals surface area (Å²) in [5, 5.41) is 3.41. The largest absolute Gasteiger partial charge is 0.357 e. The van der Waals surface area contributed by atoms with Crippen LogP contribution < -0.4 is 10.2 Å². The Balaban J connectivity index is 2.62. The quantitative estimate of drug-likeness (QED) is 0.778. The average Bonchev–Trinajstić information content (AvgIpc) is 2.42. The van der Waals surface area contributed by atoms with Crippen LogP contribution >= 0.6 is 0 Å². The van der Waals surface area contributed by atoms with E-state index in [9.17, 15) is 0 Å². The molecule has 1 unspecified atom stereocenters. The van der Waals surface area contributed by atoms with Crippen LogP contribution in [0, 0.1) is 5.92 Å². The fourth-order valence-electron chi connectivity index (χ4n) is 1.92. The Bertz CT molecular complexity index is 346. The molecule has 1 aromatic rings. The lowest BCUT2D eigenvalue weighted by atomic mass is 10.1. The molecule has 0 amide bonds. The van der Waals surface area contributed by atoms with E-state index >= 15 is 0 Å². The van der Waals surface area contributed by atoms with Gasteiger partial charge >= 0.3 is 0 Å². The topological polar surface area (TPSA) is 28.2 Å². The molecule has 0 spiro atoms. The van der Waals surface area contributed by atoms with Crippen molar-refractivity contribution in [3.8, 4) is 0 Å². The molecule has 0 aliphatic heterocycles. The van der Waals surface area contributed by atoms with Gasteiger partial charge in [-0.3, -0.25) is 0 Å². The Morgan fingerprint density at radius 1 is 1.21 bits per heavy atom. The predicted octanol–water partition coefficient (Wildman–Crippen LogP) is 3.45. The Hall–Kier alpha value is -1.09. The van der Waals surface area contributed by atoms with Crippen LogP contribution in [0.3, 0.4) is 0 Å². The molecule has 0 aromatic carbocycles. The van der Waals surface area contributed by atoms with E-state index < -0.39 is 0 Å². The fraction of sp³-hybridized carbons (Fsp3) is 0.688. The molecule has 3 nitrogen and oxygen atoms in total. The van der Waals surface area contributed by atoms with Gasteiger partial charge in [0.05, 0.1) is 0 Å².